The Hall–Kier alpha value is -2.71. The van der Waals surface area contributed by atoms with Crippen molar-refractivity contribution in [3.05, 3.63) is 41.7 Å². The second kappa shape index (κ2) is 9.86. The maximum atomic E-state index is 13.0. The number of aromatic nitrogens is 1. The molecule has 8 heteroatoms. The van der Waals surface area contributed by atoms with Crippen molar-refractivity contribution in [2.45, 2.75) is 6.04 Å². The molecule has 1 atom stereocenters. The van der Waals surface area contributed by atoms with E-state index in [1.165, 1.54) is 19.9 Å². The van der Waals surface area contributed by atoms with Gasteiger partial charge in [-0.25, -0.2) is 0 Å². The van der Waals surface area contributed by atoms with Crippen LogP contribution in [-0.4, -0.2) is 81.4 Å². The van der Waals surface area contributed by atoms with Crippen molar-refractivity contribution in [1.29, 1.82) is 0 Å². The first-order valence-corrected chi connectivity index (χ1v) is 10.1. The number of aryl methyl sites for hydroxylation is 1. The summed E-state index contributed by atoms with van der Waals surface area (Å²) in [5.74, 6) is 1.21. The van der Waals surface area contributed by atoms with E-state index in [2.05, 4.69) is 32.8 Å². The lowest BCUT2D eigenvalue weighted by atomic mass is 10.1. The zero-order chi connectivity index (χ0) is 21.7. The molecule has 0 unspecified atom stereocenters. The first-order chi connectivity index (χ1) is 14.5. The molecular weight excluding hydrogens is 384 g/mol. The number of benzene rings is 1. The highest BCUT2D eigenvalue weighted by Crippen LogP contribution is 2.38. The Bertz CT molecular complexity index is 834. The van der Waals surface area contributed by atoms with Crippen LogP contribution in [0.4, 0.5) is 0 Å². The Morgan fingerprint density at radius 1 is 1.03 bits per heavy atom. The molecule has 0 spiro atoms. The van der Waals surface area contributed by atoms with E-state index in [1.807, 2.05) is 19.3 Å². The summed E-state index contributed by atoms with van der Waals surface area (Å²) in [6.45, 7) is 4.47. The van der Waals surface area contributed by atoms with Gasteiger partial charge in [0.05, 0.1) is 27.4 Å². The van der Waals surface area contributed by atoms with Gasteiger partial charge in [0.25, 0.3) is 5.91 Å². The highest BCUT2D eigenvalue weighted by Gasteiger charge is 2.26. The molecular formula is C22H32N4O4. The van der Waals surface area contributed by atoms with Crippen molar-refractivity contribution < 1.29 is 19.0 Å². The van der Waals surface area contributed by atoms with Crippen LogP contribution in [0.3, 0.4) is 0 Å². The Kier molecular flexibility index (Phi) is 7.23. The van der Waals surface area contributed by atoms with E-state index >= 15 is 0 Å². The third kappa shape index (κ3) is 4.71. The van der Waals surface area contributed by atoms with Crippen molar-refractivity contribution in [2.24, 2.45) is 7.05 Å². The summed E-state index contributed by atoms with van der Waals surface area (Å²) in [7, 11) is 8.80. The SMILES string of the molecule is COc1cc(C(=O)NC[C@@H](c2cccn2C)N2CCN(C)CC2)cc(OC)c1OC. The minimum absolute atomic E-state index is 0.102. The maximum absolute atomic E-state index is 13.0. The fraction of sp³-hybridized carbons (Fsp3) is 0.500. The van der Waals surface area contributed by atoms with Crippen LogP contribution in [0.15, 0.2) is 30.5 Å². The van der Waals surface area contributed by atoms with Crippen LogP contribution >= 0.6 is 0 Å². The van der Waals surface area contributed by atoms with Crippen molar-refractivity contribution >= 4 is 5.91 Å². The summed E-state index contributed by atoms with van der Waals surface area (Å²) in [5, 5.41) is 3.10. The van der Waals surface area contributed by atoms with Crippen LogP contribution in [0.25, 0.3) is 0 Å². The Morgan fingerprint density at radius 3 is 2.17 bits per heavy atom. The molecule has 30 heavy (non-hydrogen) atoms. The first-order valence-electron chi connectivity index (χ1n) is 10.1. The molecule has 1 aromatic heterocycles. The number of amides is 1. The third-order valence-corrected chi connectivity index (χ3v) is 5.69. The van der Waals surface area contributed by atoms with Crippen LogP contribution in [0.2, 0.25) is 0 Å². The van der Waals surface area contributed by atoms with Crippen LogP contribution in [0, 0.1) is 0 Å². The number of methoxy groups -OCH3 is 3. The monoisotopic (exact) mass is 416 g/mol. The molecule has 8 nitrogen and oxygen atoms in total. The van der Waals surface area contributed by atoms with Gasteiger partial charge < -0.3 is 29.0 Å². The molecule has 1 N–H and O–H groups in total. The Balaban J connectivity index is 1.78. The fourth-order valence-corrected chi connectivity index (χ4v) is 3.88. The van der Waals surface area contributed by atoms with Gasteiger partial charge in [0, 0.05) is 57.2 Å². The molecule has 1 saturated heterocycles. The predicted octanol–water partition coefficient (Wildman–Crippen LogP) is 1.77. The number of nitrogens with one attached hydrogen (secondary N) is 1. The largest absolute Gasteiger partial charge is 0.493 e. The summed E-state index contributed by atoms with van der Waals surface area (Å²) in [6, 6.07) is 7.60. The zero-order valence-electron chi connectivity index (χ0n) is 18.5. The van der Waals surface area contributed by atoms with Crippen molar-refractivity contribution in [1.82, 2.24) is 19.7 Å². The van der Waals surface area contributed by atoms with Gasteiger partial charge in [-0.15, -0.1) is 0 Å². The number of nitrogens with zero attached hydrogens (tertiary/aromatic N) is 3. The lowest BCUT2D eigenvalue weighted by molar-refractivity contribution is 0.0876. The molecule has 3 rings (SSSR count). The summed E-state index contributed by atoms with van der Waals surface area (Å²) >= 11 is 0. The van der Waals surface area contributed by atoms with Crippen molar-refractivity contribution in [3.8, 4) is 17.2 Å². The molecule has 0 saturated carbocycles. The van der Waals surface area contributed by atoms with E-state index in [9.17, 15) is 4.79 Å². The molecule has 2 heterocycles. The van der Waals surface area contributed by atoms with Gasteiger partial charge in [0.1, 0.15) is 0 Å². The molecule has 1 amide bonds. The van der Waals surface area contributed by atoms with Gasteiger partial charge in [-0.1, -0.05) is 0 Å². The molecule has 1 aliphatic heterocycles. The second-order valence-corrected chi connectivity index (χ2v) is 7.52. The summed E-state index contributed by atoms with van der Waals surface area (Å²) in [5.41, 5.74) is 1.65. The van der Waals surface area contributed by atoms with Crippen molar-refractivity contribution in [2.75, 3.05) is 61.1 Å². The summed E-state index contributed by atoms with van der Waals surface area (Å²) < 4.78 is 18.2. The van der Waals surface area contributed by atoms with Crippen LogP contribution < -0.4 is 19.5 Å². The molecule has 0 radical (unpaired) electrons. The zero-order valence-corrected chi connectivity index (χ0v) is 18.5. The normalized spacial score (nSPS) is 16.2. The smallest absolute Gasteiger partial charge is 0.251 e. The molecule has 2 aromatic rings. The average molecular weight is 417 g/mol. The van der Waals surface area contributed by atoms with Crippen LogP contribution in [-0.2, 0) is 7.05 Å². The number of likely N-dealkylation sites (N-methyl/N-ethyl adjacent to an activating group) is 1. The Labute approximate surface area is 178 Å². The topological polar surface area (TPSA) is 68.2 Å². The lowest BCUT2D eigenvalue weighted by Crippen LogP contribution is -2.48. The second-order valence-electron chi connectivity index (χ2n) is 7.52. The third-order valence-electron chi connectivity index (χ3n) is 5.69. The highest BCUT2D eigenvalue weighted by atomic mass is 16.5. The number of piperazine rings is 1. The molecule has 1 aliphatic rings. The van der Waals surface area contributed by atoms with Crippen LogP contribution in [0.5, 0.6) is 17.2 Å². The quantitative estimate of drug-likeness (QED) is 0.708. The van der Waals surface area contributed by atoms with Gasteiger partial charge in [-0.05, 0) is 31.3 Å². The van der Waals surface area contributed by atoms with E-state index in [4.69, 9.17) is 14.2 Å². The molecule has 0 bridgehead atoms. The number of rotatable bonds is 8. The van der Waals surface area contributed by atoms with Gasteiger partial charge in [-0.2, -0.15) is 0 Å². The average Bonchev–Trinajstić information content (AvgIpc) is 3.19. The molecule has 0 aliphatic carbocycles. The molecule has 1 fully saturated rings. The summed E-state index contributed by atoms with van der Waals surface area (Å²) in [6.07, 6.45) is 2.04. The maximum Gasteiger partial charge on any atom is 0.251 e. The lowest BCUT2D eigenvalue weighted by Gasteiger charge is -2.38. The van der Waals surface area contributed by atoms with E-state index in [-0.39, 0.29) is 11.9 Å². The standard InChI is InChI=1S/C22H32N4O4/c1-24-9-11-26(12-10-24)18(17-7-6-8-25(17)2)15-23-22(27)16-13-19(28-3)21(30-5)20(14-16)29-4/h6-8,13-14,18H,9-12,15H2,1-5H3,(H,23,27)/t18-/m0/s1. The molecule has 164 valence electrons. The summed E-state index contributed by atoms with van der Waals surface area (Å²) in [4.78, 5) is 17.7. The number of ether oxygens (including phenoxy) is 3. The van der Waals surface area contributed by atoms with Crippen molar-refractivity contribution in [3.63, 3.8) is 0 Å². The minimum Gasteiger partial charge on any atom is -0.493 e. The predicted molar refractivity (Wildman–Crippen MR) is 116 cm³/mol. The van der Waals surface area contributed by atoms with E-state index in [0.717, 1.165) is 26.2 Å². The number of hydrogen-bond acceptors (Lipinski definition) is 6. The van der Waals surface area contributed by atoms with E-state index < -0.39 is 0 Å². The van der Waals surface area contributed by atoms with E-state index in [1.54, 1.807) is 19.2 Å². The number of carbonyl (C=O) groups excluding carboxylic acids is 1. The highest BCUT2D eigenvalue weighted by molar-refractivity contribution is 5.95. The minimum atomic E-state index is -0.178. The van der Waals surface area contributed by atoms with Gasteiger partial charge in [0.2, 0.25) is 5.75 Å². The Morgan fingerprint density at radius 2 is 1.67 bits per heavy atom. The first kappa shape index (κ1) is 22.0. The van der Waals surface area contributed by atoms with Gasteiger partial charge in [0.15, 0.2) is 11.5 Å². The van der Waals surface area contributed by atoms with Gasteiger partial charge >= 0.3 is 0 Å². The van der Waals surface area contributed by atoms with Gasteiger partial charge in [-0.3, -0.25) is 9.69 Å². The number of hydrogen-bond donors (Lipinski definition) is 1. The van der Waals surface area contributed by atoms with E-state index in [0.29, 0.717) is 29.4 Å². The fourth-order valence-electron chi connectivity index (χ4n) is 3.88. The van der Waals surface area contributed by atoms with Crippen LogP contribution in [0.1, 0.15) is 22.1 Å². The molecule has 1 aromatic carbocycles. The number of carbonyl (C=O) groups is 1.